The lowest BCUT2D eigenvalue weighted by atomic mass is 10.2. The van der Waals surface area contributed by atoms with Gasteiger partial charge in [-0.2, -0.15) is 0 Å². The van der Waals surface area contributed by atoms with Crippen molar-refractivity contribution in [1.82, 2.24) is 0 Å². The molecule has 0 aromatic heterocycles. The molecule has 2 aromatic carbocycles. The van der Waals surface area contributed by atoms with Gasteiger partial charge in [-0.3, -0.25) is 14.9 Å². The molecule has 1 amide bonds. The van der Waals surface area contributed by atoms with Crippen LogP contribution in [0, 0.1) is 10.1 Å². The summed E-state index contributed by atoms with van der Waals surface area (Å²) < 4.78 is 5.12. The minimum Gasteiger partial charge on any atom is -0.449 e. The Balaban J connectivity index is 2.07. The minimum absolute atomic E-state index is 0.0196. The van der Waals surface area contributed by atoms with Crippen LogP contribution in [-0.2, 0) is 9.53 Å². The molecule has 7 heteroatoms. The fraction of sp³-hybridized carbons (Fsp3) is 0.176. The Morgan fingerprint density at radius 3 is 2.42 bits per heavy atom. The number of non-ortho nitro benzene ring substituents is 1. The van der Waals surface area contributed by atoms with Gasteiger partial charge in [0.1, 0.15) is 0 Å². The number of hydrogen-bond donors (Lipinski definition) is 0. The molecule has 0 aliphatic rings. The van der Waals surface area contributed by atoms with Crippen LogP contribution in [0.15, 0.2) is 54.6 Å². The summed E-state index contributed by atoms with van der Waals surface area (Å²) in [4.78, 5) is 35.9. The Hall–Kier alpha value is -3.22. The monoisotopic (exact) mass is 328 g/mol. The van der Waals surface area contributed by atoms with E-state index in [0.29, 0.717) is 5.69 Å². The van der Waals surface area contributed by atoms with E-state index < -0.39 is 22.9 Å². The van der Waals surface area contributed by atoms with E-state index in [1.807, 2.05) is 6.07 Å². The van der Waals surface area contributed by atoms with Crippen molar-refractivity contribution in [2.75, 3.05) is 11.9 Å². The molecule has 0 N–H and O–H groups in total. The first kappa shape index (κ1) is 17.1. The number of carbonyl (C=O) groups is 2. The van der Waals surface area contributed by atoms with Gasteiger partial charge in [0.05, 0.1) is 10.5 Å². The number of ether oxygens (including phenoxy) is 1. The van der Waals surface area contributed by atoms with E-state index in [0.717, 1.165) is 6.07 Å². The van der Waals surface area contributed by atoms with Crippen LogP contribution in [0.4, 0.5) is 11.4 Å². The lowest BCUT2D eigenvalue weighted by molar-refractivity contribution is -0.384. The van der Waals surface area contributed by atoms with E-state index in [2.05, 4.69) is 0 Å². The molecule has 0 radical (unpaired) electrons. The Morgan fingerprint density at radius 2 is 1.79 bits per heavy atom. The van der Waals surface area contributed by atoms with E-state index in [1.54, 1.807) is 31.3 Å². The molecule has 7 nitrogen and oxygen atoms in total. The summed E-state index contributed by atoms with van der Waals surface area (Å²) in [6.45, 7) is 1.46. The van der Waals surface area contributed by atoms with Crippen LogP contribution < -0.4 is 4.90 Å². The van der Waals surface area contributed by atoms with Crippen molar-refractivity contribution in [2.24, 2.45) is 0 Å². The molecule has 1 atom stereocenters. The second-order valence-corrected chi connectivity index (χ2v) is 5.09. The second kappa shape index (κ2) is 7.36. The molecule has 0 unspecified atom stereocenters. The smallest absolute Gasteiger partial charge is 0.339 e. The fourth-order valence-corrected chi connectivity index (χ4v) is 2.08. The normalized spacial score (nSPS) is 11.4. The first-order valence-electron chi connectivity index (χ1n) is 7.18. The Labute approximate surface area is 138 Å². The zero-order valence-corrected chi connectivity index (χ0v) is 13.2. The van der Waals surface area contributed by atoms with Gasteiger partial charge in [0.2, 0.25) is 0 Å². The van der Waals surface area contributed by atoms with E-state index in [9.17, 15) is 19.7 Å². The molecule has 0 aliphatic carbocycles. The molecule has 0 bridgehead atoms. The summed E-state index contributed by atoms with van der Waals surface area (Å²) in [6, 6.07) is 14.1. The van der Waals surface area contributed by atoms with E-state index in [4.69, 9.17) is 4.74 Å². The number of nitro benzene ring substituents is 1. The van der Waals surface area contributed by atoms with Gasteiger partial charge in [-0.05, 0) is 25.1 Å². The number of para-hydroxylation sites is 1. The molecule has 0 heterocycles. The van der Waals surface area contributed by atoms with Gasteiger partial charge in [0, 0.05) is 24.9 Å². The first-order valence-corrected chi connectivity index (χ1v) is 7.18. The summed E-state index contributed by atoms with van der Waals surface area (Å²) in [5, 5.41) is 10.7. The molecule has 2 rings (SSSR count). The number of benzene rings is 2. The maximum absolute atomic E-state index is 12.3. The highest BCUT2D eigenvalue weighted by Gasteiger charge is 2.23. The largest absolute Gasteiger partial charge is 0.449 e. The van der Waals surface area contributed by atoms with Crippen LogP contribution >= 0.6 is 0 Å². The van der Waals surface area contributed by atoms with Crippen molar-refractivity contribution in [2.45, 2.75) is 13.0 Å². The maximum atomic E-state index is 12.3. The Bertz CT molecular complexity index is 761. The quantitative estimate of drug-likeness (QED) is 0.478. The minimum atomic E-state index is -1.03. The van der Waals surface area contributed by atoms with Crippen LogP contribution in [0.5, 0.6) is 0 Å². The van der Waals surface area contributed by atoms with Crippen molar-refractivity contribution in [3.63, 3.8) is 0 Å². The van der Waals surface area contributed by atoms with Crippen molar-refractivity contribution in [3.05, 3.63) is 70.3 Å². The molecule has 24 heavy (non-hydrogen) atoms. The van der Waals surface area contributed by atoms with Crippen LogP contribution in [0.3, 0.4) is 0 Å². The molecule has 0 spiro atoms. The number of anilines is 1. The van der Waals surface area contributed by atoms with Crippen LogP contribution in [-0.4, -0.2) is 30.0 Å². The number of carbonyl (C=O) groups excluding carboxylic acids is 2. The molecule has 0 saturated heterocycles. The average Bonchev–Trinajstić information content (AvgIpc) is 2.61. The summed E-state index contributed by atoms with van der Waals surface area (Å²) >= 11 is 0. The number of hydrogen-bond acceptors (Lipinski definition) is 5. The third kappa shape index (κ3) is 3.95. The van der Waals surface area contributed by atoms with Crippen LogP contribution in [0.1, 0.15) is 17.3 Å². The van der Waals surface area contributed by atoms with Gasteiger partial charge in [0.25, 0.3) is 11.6 Å². The van der Waals surface area contributed by atoms with Crippen molar-refractivity contribution in [1.29, 1.82) is 0 Å². The zero-order valence-electron chi connectivity index (χ0n) is 13.2. The van der Waals surface area contributed by atoms with Gasteiger partial charge in [0.15, 0.2) is 6.10 Å². The molecule has 0 aliphatic heterocycles. The number of amides is 1. The summed E-state index contributed by atoms with van der Waals surface area (Å²) in [7, 11) is 1.58. The molecular formula is C17H16N2O5. The maximum Gasteiger partial charge on any atom is 0.339 e. The van der Waals surface area contributed by atoms with Gasteiger partial charge in [-0.15, -0.1) is 0 Å². The van der Waals surface area contributed by atoms with Crippen molar-refractivity contribution in [3.8, 4) is 0 Å². The van der Waals surface area contributed by atoms with E-state index in [1.165, 1.54) is 30.0 Å². The summed E-state index contributed by atoms with van der Waals surface area (Å²) in [5.41, 5.74) is 0.469. The number of nitro groups is 1. The topological polar surface area (TPSA) is 89.7 Å². The van der Waals surface area contributed by atoms with E-state index >= 15 is 0 Å². The fourth-order valence-electron chi connectivity index (χ4n) is 2.08. The predicted molar refractivity (Wildman–Crippen MR) is 87.8 cm³/mol. The highest BCUT2D eigenvalue weighted by Crippen LogP contribution is 2.16. The third-order valence-corrected chi connectivity index (χ3v) is 3.40. The second-order valence-electron chi connectivity index (χ2n) is 5.09. The number of esters is 1. The average molecular weight is 328 g/mol. The predicted octanol–water partition coefficient (Wildman–Crippen LogP) is 2.80. The summed E-state index contributed by atoms with van der Waals surface area (Å²) in [5.74, 6) is -1.19. The van der Waals surface area contributed by atoms with E-state index in [-0.39, 0.29) is 11.3 Å². The number of nitrogens with zero attached hydrogens (tertiary/aromatic N) is 2. The van der Waals surface area contributed by atoms with Gasteiger partial charge >= 0.3 is 5.97 Å². The zero-order chi connectivity index (χ0) is 17.7. The molecule has 0 fully saturated rings. The van der Waals surface area contributed by atoms with Gasteiger partial charge < -0.3 is 9.64 Å². The van der Waals surface area contributed by atoms with Crippen LogP contribution in [0.2, 0.25) is 0 Å². The first-order chi connectivity index (χ1) is 11.4. The van der Waals surface area contributed by atoms with Crippen LogP contribution in [0.25, 0.3) is 0 Å². The Morgan fingerprint density at radius 1 is 1.12 bits per heavy atom. The molecule has 0 saturated carbocycles. The number of rotatable bonds is 5. The lowest BCUT2D eigenvalue weighted by Gasteiger charge is -2.21. The summed E-state index contributed by atoms with van der Waals surface area (Å²) in [6.07, 6.45) is -1.03. The van der Waals surface area contributed by atoms with Crippen molar-refractivity contribution >= 4 is 23.3 Å². The highest BCUT2D eigenvalue weighted by atomic mass is 16.6. The molecule has 2 aromatic rings. The molecular weight excluding hydrogens is 312 g/mol. The number of likely N-dealkylation sites (N-methyl/N-ethyl adjacent to an activating group) is 1. The molecule has 124 valence electrons. The third-order valence-electron chi connectivity index (χ3n) is 3.40. The Kier molecular flexibility index (Phi) is 5.26. The highest BCUT2D eigenvalue weighted by molar-refractivity contribution is 5.98. The SMILES string of the molecule is C[C@H](OC(=O)c1cccc([N+](=O)[O-])c1)C(=O)N(C)c1ccccc1. The lowest BCUT2D eigenvalue weighted by Crippen LogP contribution is -2.37. The van der Waals surface area contributed by atoms with Gasteiger partial charge in [-0.25, -0.2) is 4.79 Å². The standard InChI is InChI=1S/C17H16N2O5/c1-12(16(20)18(2)14-8-4-3-5-9-14)24-17(21)13-7-6-10-15(11-13)19(22)23/h3-12H,1-2H3/t12-/m0/s1. The van der Waals surface area contributed by atoms with Gasteiger partial charge in [-0.1, -0.05) is 24.3 Å². The van der Waals surface area contributed by atoms with Crippen molar-refractivity contribution < 1.29 is 19.2 Å².